The minimum Gasteiger partial charge on any atom is -0.329 e. The summed E-state index contributed by atoms with van der Waals surface area (Å²) in [6.07, 6.45) is 0. The molecule has 0 unspecified atom stereocenters. The van der Waals surface area contributed by atoms with E-state index in [0.717, 1.165) is 19.6 Å². The largest absolute Gasteiger partial charge is 0.329 e. The van der Waals surface area contributed by atoms with E-state index in [-0.39, 0.29) is 11.8 Å². The van der Waals surface area contributed by atoms with Gasteiger partial charge in [-0.1, -0.05) is 0 Å². The van der Waals surface area contributed by atoms with Crippen molar-refractivity contribution in [2.45, 2.75) is 0 Å². The number of halogens is 1. The van der Waals surface area contributed by atoms with E-state index < -0.39 is 0 Å². The lowest BCUT2D eigenvalue weighted by atomic mass is 10.00. The summed E-state index contributed by atoms with van der Waals surface area (Å²) < 4.78 is 2.60. The quantitative estimate of drug-likeness (QED) is 0.528. The lowest BCUT2D eigenvalue weighted by molar-refractivity contribution is -0.127. The first kappa shape index (κ1) is 9.21. The van der Waals surface area contributed by atoms with E-state index in [1.54, 1.807) is 0 Å². The Morgan fingerprint density at radius 3 is 2.82 bits per heavy atom. The summed E-state index contributed by atoms with van der Waals surface area (Å²) in [6.45, 7) is 3.32. The third-order valence-electron chi connectivity index (χ3n) is 1.87. The molecule has 0 aliphatic carbocycles. The van der Waals surface area contributed by atoms with Crippen LogP contribution < -0.4 is 9.26 Å². The van der Waals surface area contributed by atoms with Crippen LogP contribution in [-0.4, -0.2) is 37.0 Å². The first-order chi connectivity index (χ1) is 5.27. The molecule has 1 saturated heterocycles. The minimum absolute atomic E-state index is 0.138. The van der Waals surface area contributed by atoms with Crippen molar-refractivity contribution in [3.8, 4) is 0 Å². The van der Waals surface area contributed by atoms with Crippen LogP contribution >= 0.6 is 22.9 Å². The van der Waals surface area contributed by atoms with Crippen LogP contribution in [0.1, 0.15) is 0 Å². The second-order valence-corrected chi connectivity index (χ2v) is 3.24. The van der Waals surface area contributed by atoms with Gasteiger partial charge >= 0.3 is 0 Å². The van der Waals surface area contributed by atoms with E-state index in [9.17, 15) is 4.79 Å². The first-order valence-electron chi connectivity index (χ1n) is 3.61. The van der Waals surface area contributed by atoms with Gasteiger partial charge in [-0.05, 0) is 0 Å². The molecule has 5 heteroatoms. The monoisotopic (exact) mass is 269 g/mol. The van der Waals surface area contributed by atoms with Gasteiger partial charge in [-0.15, -0.1) is 0 Å². The maximum atomic E-state index is 11.0. The third kappa shape index (κ3) is 2.28. The van der Waals surface area contributed by atoms with E-state index in [1.165, 1.54) is 0 Å². The Bertz CT molecular complexity index is 147. The Hall–Kier alpha value is 0.120. The van der Waals surface area contributed by atoms with Crippen molar-refractivity contribution >= 4 is 28.8 Å². The average molecular weight is 269 g/mol. The van der Waals surface area contributed by atoms with Crippen LogP contribution in [-0.2, 0) is 4.79 Å². The molecule has 1 aliphatic heterocycles. The molecule has 1 aliphatic rings. The highest BCUT2D eigenvalue weighted by Gasteiger charge is 2.31. The van der Waals surface area contributed by atoms with Crippen LogP contribution in [0.3, 0.4) is 0 Å². The molecular weight excluding hydrogens is 257 g/mol. The summed E-state index contributed by atoms with van der Waals surface area (Å²) in [5.74, 6) is 0.331. The highest BCUT2D eigenvalue weighted by molar-refractivity contribution is 14.1. The molecule has 1 rings (SSSR count). The summed E-state index contributed by atoms with van der Waals surface area (Å²) in [5.41, 5.74) is 5.35. The zero-order valence-corrected chi connectivity index (χ0v) is 8.37. The molecule has 0 bridgehead atoms. The maximum Gasteiger partial charge on any atom is 0.234 e. The molecule has 1 amide bonds. The topological polar surface area (TPSA) is 58.4 Å². The van der Waals surface area contributed by atoms with Gasteiger partial charge in [0, 0.05) is 26.2 Å². The van der Waals surface area contributed by atoms with Gasteiger partial charge in [-0.3, -0.25) is 8.32 Å². The molecule has 0 saturated carbocycles. The van der Waals surface area contributed by atoms with Crippen molar-refractivity contribution < 1.29 is 4.79 Å². The van der Waals surface area contributed by atoms with Crippen molar-refractivity contribution in [3.63, 3.8) is 0 Å². The molecule has 1 fully saturated rings. The molecular formula is C6H12IN3O. The zero-order valence-electron chi connectivity index (χ0n) is 6.22. The Labute approximate surface area is 80.0 Å². The van der Waals surface area contributed by atoms with E-state index in [1.807, 2.05) is 22.9 Å². The van der Waals surface area contributed by atoms with Crippen molar-refractivity contribution in [2.75, 3.05) is 26.2 Å². The Balaban J connectivity index is 2.13. The number of likely N-dealkylation sites (tertiary alicyclic amines) is 1. The highest BCUT2D eigenvalue weighted by atomic mass is 127. The first-order valence-corrected chi connectivity index (χ1v) is 4.68. The van der Waals surface area contributed by atoms with Gasteiger partial charge in [0.15, 0.2) is 0 Å². The second-order valence-electron chi connectivity index (χ2n) is 2.70. The minimum atomic E-state index is 0.138. The molecule has 0 aromatic rings. The van der Waals surface area contributed by atoms with Gasteiger partial charge < -0.3 is 10.6 Å². The lowest BCUT2D eigenvalue weighted by Crippen LogP contribution is -2.53. The summed E-state index contributed by atoms with van der Waals surface area (Å²) in [6, 6.07) is 0. The molecule has 3 N–H and O–H groups in total. The second kappa shape index (κ2) is 4.22. The Kier molecular flexibility index (Phi) is 3.53. The number of hydrogen-bond donors (Lipinski definition) is 2. The number of amides is 1. The predicted octanol–water partition coefficient (Wildman–Crippen LogP) is -0.657. The van der Waals surface area contributed by atoms with Crippen molar-refractivity contribution in [1.29, 1.82) is 0 Å². The van der Waals surface area contributed by atoms with Crippen LogP contribution in [0, 0.1) is 5.92 Å². The summed E-state index contributed by atoms with van der Waals surface area (Å²) in [5, 5.41) is 0. The average Bonchev–Trinajstić information content (AvgIpc) is 1.94. The van der Waals surface area contributed by atoms with Crippen LogP contribution in [0.2, 0.25) is 0 Å². The number of carbonyl (C=O) groups excluding carboxylic acids is 1. The van der Waals surface area contributed by atoms with Crippen LogP contribution in [0.4, 0.5) is 0 Å². The van der Waals surface area contributed by atoms with Crippen LogP contribution in [0.15, 0.2) is 0 Å². The third-order valence-corrected chi connectivity index (χ3v) is 2.40. The number of nitrogens with one attached hydrogen (secondary N) is 1. The molecule has 0 atom stereocenters. The van der Waals surface area contributed by atoms with Crippen molar-refractivity contribution in [2.24, 2.45) is 11.7 Å². The van der Waals surface area contributed by atoms with E-state index in [4.69, 9.17) is 5.73 Å². The van der Waals surface area contributed by atoms with Gasteiger partial charge in [-0.25, -0.2) is 0 Å². The van der Waals surface area contributed by atoms with Crippen LogP contribution in [0.25, 0.3) is 0 Å². The summed E-state index contributed by atoms with van der Waals surface area (Å²) in [7, 11) is 0. The summed E-state index contributed by atoms with van der Waals surface area (Å²) in [4.78, 5) is 13.1. The summed E-state index contributed by atoms with van der Waals surface area (Å²) >= 11 is 1.87. The van der Waals surface area contributed by atoms with Gasteiger partial charge in [0.1, 0.15) is 0 Å². The highest BCUT2D eigenvalue weighted by Crippen LogP contribution is 2.14. The van der Waals surface area contributed by atoms with Crippen molar-refractivity contribution in [1.82, 2.24) is 8.43 Å². The number of carbonyl (C=O) groups is 1. The fourth-order valence-corrected chi connectivity index (χ4v) is 1.62. The molecule has 0 aromatic carbocycles. The maximum absolute atomic E-state index is 11.0. The molecule has 1 heterocycles. The van der Waals surface area contributed by atoms with E-state index in [2.05, 4.69) is 8.43 Å². The molecule has 0 spiro atoms. The molecule has 11 heavy (non-hydrogen) atoms. The van der Waals surface area contributed by atoms with Crippen molar-refractivity contribution in [3.05, 3.63) is 0 Å². The fourth-order valence-electron chi connectivity index (χ4n) is 1.18. The molecule has 64 valence electrons. The number of hydrogen-bond acceptors (Lipinski definition) is 3. The molecule has 4 nitrogen and oxygen atoms in total. The fraction of sp³-hybridized carbons (Fsp3) is 0.833. The van der Waals surface area contributed by atoms with Gasteiger partial charge in [-0.2, -0.15) is 0 Å². The standard InChI is InChI=1S/C6H12IN3O/c7-9-6(11)5-3-10(4-5)2-1-8/h5H,1-4,8H2,(H,9,11). The predicted molar refractivity (Wildman–Crippen MR) is 51.1 cm³/mol. The Morgan fingerprint density at radius 2 is 2.36 bits per heavy atom. The number of nitrogens with zero attached hydrogens (tertiary/aromatic N) is 1. The smallest absolute Gasteiger partial charge is 0.234 e. The Morgan fingerprint density at radius 1 is 1.73 bits per heavy atom. The van der Waals surface area contributed by atoms with Crippen LogP contribution in [0.5, 0.6) is 0 Å². The van der Waals surface area contributed by atoms with E-state index >= 15 is 0 Å². The molecule has 0 aromatic heterocycles. The van der Waals surface area contributed by atoms with E-state index in [0.29, 0.717) is 6.54 Å². The number of nitrogens with two attached hydrogens (primary N) is 1. The van der Waals surface area contributed by atoms with Gasteiger partial charge in [0.2, 0.25) is 5.91 Å². The van der Waals surface area contributed by atoms with Gasteiger partial charge in [0.05, 0.1) is 28.8 Å². The normalized spacial score (nSPS) is 19.5. The zero-order chi connectivity index (χ0) is 8.27. The SMILES string of the molecule is NCCN1CC(C(=O)NI)C1. The van der Waals surface area contributed by atoms with Gasteiger partial charge in [0.25, 0.3) is 0 Å². The number of rotatable bonds is 3. The molecule has 0 radical (unpaired) electrons. The lowest BCUT2D eigenvalue weighted by Gasteiger charge is -2.37.